The van der Waals surface area contributed by atoms with Gasteiger partial charge in [0, 0.05) is 0 Å². The van der Waals surface area contributed by atoms with Crippen LogP contribution in [-0.2, 0) is 9.63 Å². The zero-order valence-electron chi connectivity index (χ0n) is 12.6. The van der Waals surface area contributed by atoms with Crippen molar-refractivity contribution >= 4 is 6.29 Å². The third-order valence-electron chi connectivity index (χ3n) is 0.978. The molecule has 1 aromatic carbocycles. The highest BCUT2D eigenvalue weighted by molar-refractivity contribution is 5.51. The van der Waals surface area contributed by atoms with E-state index in [-0.39, 0.29) is 6.54 Å². The van der Waals surface area contributed by atoms with E-state index in [1.807, 2.05) is 50.2 Å². The second kappa shape index (κ2) is 24.9. The summed E-state index contributed by atoms with van der Waals surface area (Å²) in [5.74, 6) is 0.833. The van der Waals surface area contributed by atoms with E-state index >= 15 is 0 Å². The first kappa shape index (κ1) is 22.0. The predicted molar refractivity (Wildman–Crippen MR) is 79.4 cm³/mol. The third kappa shape index (κ3) is 46.3. The maximum Gasteiger partial charge on any atom is 0.136 e. The Labute approximate surface area is 113 Å². The van der Waals surface area contributed by atoms with Crippen LogP contribution in [0.1, 0.15) is 34.6 Å². The van der Waals surface area contributed by atoms with Crippen molar-refractivity contribution < 1.29 is 9.63 Å². The summed E-state index contributed by atoms with van der Waals surface area (Å²) in [6, 6.07) is 12.0. The van der Waals surface area contributed by atoms with Gasteiger partial charge in [-0.1, -0.05) is 71.0 Å². The Hall–Kier alpha value is -1.19. The van der Waals surface area contributed by atoms with E-state index in [2.05, 4.69) is 31.1 Å². The van der Waals surface area contributed by atoms with Crippen LogP contribution in [0.2, 0.25) is 0 Å². The standard InChI is InChI=1S/C6H6.C4H10.C3H7NO2.C2H6/c1-2-4-6-5-3-1;1-4(2)3;1-6-4-2-3-5;1-2/h1-6H;4H,1-3H3;3-4H,2H2,1H3;1-2H3. The van der Waals surface area contributed by atoms with Gasteiger partial charge >= 0.3 is 0 Å². The Morgan fingerprint density at radius 1 is 1.00 bits per heavy atom. The highest BCUT2D eigenvalue weighted by atomic mass is 16.6. The van der Waals surface area contributed by atoms with Crippen LogP contribution in [0.25, 0.3) is 0 Å². The van der Waals surface area contributed by atoms with E-state index in [0.717, 1.165) is 12.2 Å². The zero-order valence-corrected chi connectivity index (χ0v) is 12.6. The fourth-order valence-corrected chi connectivity index (χ4v) is 0.502. The van der Waals surface area contributed by atoms with Crippen LogP contribution in [0, 0.1) is 5.92 Å². The number of aldehydes is 1. The Kier molecular flexibility index (Phi) is 30.4. The quantitative estimate of drug-likeness (QED) is 0.508. The summed E-state index contributed by atoms with van der Waals surface area (Å²) in [7, 11) is 1.46. The average Bonchev–Trinajstić information content (AvgIpc) is 2.41. The van der Waals surface area contributed by atoms with Crippen molar-refractivity contribution in [3.63, 3.8) is 0 Å². The van der Waals surface area contributed by atoms with Crippen LogP contribution in [0.15, 0.2) is 36.4 Å². The van der Waals surface area contributed by atoms with Gasteiger partial charge in [0.2, 0.25) is 0 Å². The minimum absolute atomic E-state index is 0.260. The molecule has 0 saturated carbocycles. The molecule has 0 aliphatic rings. The molecule has 1 aromatic rings. The van der Waals surface area contributed by atoms with Crippen molar-refractivity contribution in [1.82, 2.24) is 5.48 Å². The van der Waals surface area contributed by atoms with E-state index in [9.17, 15) is 4.79 Å². The molecule has 1 N–H and O–H groups in total. The number of rotatable bonds is 3. The smallest absolute Gasteiger partial charge is 0.136 e. The highest BCUT2D eigenvalue weighted by Gasteiger charge is 1.70. The van der Waals surface area contributed by atoms with Crippen molar-refractivity contribution in [1.29, 1.82) is 0 Å². The van der Waals surface area contributed by atoms with Gasteiger partial charge in [0.15, 0.2) is 0 Å². The Morgan fingerprint density at radius 3 is 1.39 bits per heavy atom. The van der Waals surface area contributed by atoms with Crippen molar-refractivity contribution in [2.75, 3.05) is 13.7 Å². The Morgan fingerprint density at radius 2 is 1.28 bits per heavy atom. The molecule has 3 heteroatoms. The summed E-state index contributed by atoms with van der Waals surface area (Å²) in [4.78, 5) is 13.7. The second-order valence-corrected chi connectivity index (χ2v) is 3.61. The molecule has 18 heavy (non-hydrogen) atoms. The summed E-state index contributed by atoms with van der Waals surface area (Å²) in [6.45, 7) is 10.8. The maximum absolute atomic E-state index is 9.42. The van der Waals surface area contributed by atoms with Gasteiger partial charge in [-0.2, -0.15) is 5.48 Å². The van der Waals surface area contributed by atoms with Crippen LogP contribution in [0.3, 0.4) is 0 Å². The van der Waals surface area contributed by atoms with Gasteiger partial charge in [-0.25, -0.2) is 0 Å². The van der Waals surface area contributed by atoms with Gasteiger partial charge in [-0.15, -0.1) is 0 Å². The molecule has 0 bridgehead atoms. The van der Waals surface area contributed by atoms with E-state index < -0.39 is 0 Å². The molecule has 0 atom stereocenters. The molecule has 0 aromatic heterocycles. The molecule has 1 rings (SSSR count). The number of nitrogens with one attached hydrogen (secondary N) is 1. The molecule has 3 nitrogen and oxygen atoms in total. The molecule has 0 fully saturated rings. The molecule has 0 aliphatic carbocycles. The average molecular weight is 255 g/mol. The molecule has 0 radical (unpaired) electrons. The van der Waals surface area contributed by atoms with Crippen molar-refractivity contribution in [3.05, 3.63) is 36.4 Å². The summed E-state index contributed by atoms with van der Waals surface area (Å²) in [6.07, 6.45) is 0.726. The molecule has 0 unspecified atom stereocenters. The van der Waals surface area contributed by atoms with Gasteiger partial charge < -0.3 is 9.63 Å². The van der Waals surface area contributed by atoms with E-state index in [4.69, 9.17) is 0 Å². The monoisotopic (exact) mass is 255 g/mol. The summed E-state index contributed by atoms with van der Waals surface area (Å²) in [5, 5.41) is 0. The van der Waals surface area contributed by atoms with Crippen molar-refractivity contribution in [3.8, 4) is 0 Å². The summed E-state index contributed by atoms with van der Waals surface area (Å²) >= 11 is 0. The van der Waals surface area contributed by atoms with E-state index in [1.54, 1.807) is 0 Å². The minimum Gasteiger partial charge on any atom is -0.305 e. The highest BCUT2D eigenvalue weighted by Crippen LogP contribution is 1.81. The van der Waals surface area contributed by atoms with E-state index in [0.29, 0.717) is 0 Å². The molecule has 0 spiro atoms. The Bertz CT molecular complexity index is 184. The fraction of sp³-hybridized carbons (Fsp3) is 0.533. The number of hydrogen-bond donors (Lipinski definition) is 1. The molecule has 0 saturated heterocycles. The van der Waals surface area contributed by atoms with Crippen molar-refractivity contribution in [2.45, 2.75) is 34.6 Å². The van der Waals surface area contributed by atoms with Gasteiger partial charge in [0.25, 0.3) is 0 Å². The number of hydroxylamine groups is 1. The lowest BCUT2D eigenvalue weighted by Crippen LogP contribution is -2.13. The number of carbonyl (C=O) groups excluding carboxylic acids is 1. The third-order valence-corrected chi connectivity index (χ3v) is 0.978. The number of hydrogen-bond acceptors (Lipinski definition) is 3. The first-order chi connectivity index (χ1) is 8.65. The lowest BCUT2D eigenvalue weighted by molar-refractivity contribution is -0.108. The second-order valence-electron chi connectivity index (χ2n) is 3.61. The van der Waals surface area contributed by atoms with E-state index in [1.165, 1.54) is 7.11 Å². The largest absolute Gasteiger partial charge is 0.305 e. The molecule has 0 heterocycles. The predicted octanol–water partition coefficient (Wildman–Crippen LogP) is 3.71. The first-order valence-electron chi connectivity index (χ1n) is 6.34. The van der Waals surface area contributed by atoms with Gasteiger partial charge in [0.1, 0.15) is 6.29 Å². The van der Waals surface area contributed by atoms with Crippen LogP contribution < -0.4 is 5.48 Å². The van der Waals surface area contributed by atoms with Gasteiger partial charge in [0.05, 0.1) is 13.7 Å². The summed E-state index contributed by atoms with van der Waals surface area (Å²) in [5.41, 5.74) is 2.33. The van der Waals surface area contributed by atoms with Crippen LogP contribution >= 0.6 is 0 Å². The molecule has 106 valence electrons. The van der Waals surface area contributed by atoms with Crippen LogP contribution in [0.5, 0.6) is 0 Å². The van der Waals surface area contributed by atoms with Crippen LogP contribution in [0.4, 0.5) is 0 Å². The zero-order chi connectivity index (χ0) is 14.6. The first-order valence-corrected chi connectivity index (χ1v) is 6.34. The fourth-order valence-electron chi connectivity index (χ4n) is 0.502. The Balaban J connectivity index is -0.000000179. The van der Waals surface area contributed by atoms with Crippen LogP contribution in [-0.4, -0.2) is 19.9 Å². The number of benzene rings is 1. The molecule has 0 aliphatic heterocycles. The number of carbonyl (C=O) groups is 1. The minimum atomic E-state index is 0.260. The lowest BCUT2D eigenvalue weighted by atomic mass is 10.3. The molecular weight excluding hydrogens is 226 g/mol. The normalized spacial score (nSPS) is 7.72. The lowest BCUT2D eigenvalue weighted by Gasteiger charge is -1.88. The topological polar surface area (TPSA) is 38.3 Å². The summed E-state index contributed by atoms with van der Waals surface area (Å²) < 4.78 is 0. The SMILES string of the molecule is CC.CC(C)C.CONCC=O.c1ccccc1. The van der Waals surface area contributed by atoms with Gasteiger partial charge in [-0.3, -0.25) is 0 Å². The maximum atomic E-state index is 9.42. The molecular formula is C15H29NO2. The van der Waals surface area contributed by atoms with Crippen molar-refractivity contribution in [2.24, 2.45) is 5.92 Å². The van der Waals surface area contributed by atoms with Gasteiger partial charge in [-0.05, 0) is 5.92 Å². The molecule has 0 amide bonds.